The predicted octanol–water partition coefficient (Wildman–Crippen LogP) is 2.19. The van der Waals surface area contributed by atoms with E-state index in [1.54, 1.807) is 30.3 Å². The van der Waals surface area contributed by atoms with Crippen LogP contribution in [-0.2, 0) is 0 Å². The van der Waals surface area contributed by atoms with Gasteiger partial charge in [-0.25, -0.2) is 0 Å². The molecule has 0 unspecified atom stereocenters. The van der Waals surface area contributed by atoms with Crippen molar-refractivity contribution in [3.05, 3.63) is 92.2 Å². The lowest BCUT2D eigenvalue weighted by Gasteiger charge is -2.15. The Morgan fingerprint density at radius 2 is 1.68 bits per heavy atom. The Kier molecular flexibility index (Phi) is 4.09. The Balaban J connectivity index is 1.99. The molecule has 1 aliphatic heterocycles. The van der Waals surface area contributed by atoms with E-state index in [1.165, 1.54) is 18.2 Å². The number of pyridine rings is 1. The first-order valence-electron chi connectivity index (χ1n) is 8.19. The summed E-state index contributed by atoms with van der Waals surface area (Å²) in [6.07, 6.45) is 0. The smallest absolute Gasteiger partial charge is 0.262 e. The third-order valence-corrected chi connectivity index (χ3v) is 4.67. The maximum Gasteiger partial charge on any atom is 0.262 e. The first-order chi connectivity index (χ1) is 13.4. The first kappa shape index (κ1) is 17.7. The average molecular weight is 394 g/mol. The second-order valence-corrected chi connectivity index (χ2v) is 6.57. The summed E-state index contributed by atoms with van der Waals surface area (Å²) in [6.45, 7) is 0. The molecule has 2 heterocycles. The highest BCUT2D eigenvalue weighted by atomic mass is 35.5. The molecule has 4 rings (SSSR count). The Morgan fingerprint density at radius 3 is 2.39 bits per heavy atom. The summed E-state index contributed by atoms with van der Waals surface area (Å²) in [6, 6.07) is 13.9. The summed E-state index contributed by atoms with van der Waals surface area (Å²) < 4.78 is 1.03. The molecule has 0 bridgehead atoms. The highest BCUT2D eigenvalue weighted by Crippen LogP contribution is 2.27. The van der Waals surface area contributed by atoms with Gasteiger partial charge in [-0.05, 0) is 18.2 Å². The maximum atomic E-state index is 13.0. The van der Waals surface area contributed by atoms with Crippen LogP contribution >= 0.6 is 11.6 Å². The number of benzene rings is 2. The van der Waals surface area contributed by atoms with Gasteiger partial charge in [0.15, 0.2) is 5.78 Å². The molecule has 138 valence electrons. The molecule has 0 spiro atoms. The number of aromatic nitrogens is 1. The van der Waals surface area contributed by atoms with E-state index in [1.807, 2.05) is 0 Å². The van der Waals surface area contributed by atoms with Crippen LogP contribution < -0.4 is 16.6 Å². The minimum atomic E-state index is -0.698. The molecule has 0 fully saturated rings. The molecular weight excluding hydrogens is 382 g/mol. The number of carbonyl (C=O) groups is 3. The van der Waals surface area contributed by atoms with Gasteiger partial charge in [-0.1, -0.05) is 41.9 Å². The van der Waals surface area contributed by atoms with Crippen molar-refractivity contribution in [2.75, 3.05) is 5.73 Å². The number of carbonyl (C=O) groups excluding carboxylic acids is 3. The summed E-state index contributed by atoms with van der Waals surface area (Å²) in [5.41, 5.74) is 5.93. The van der Waals surface area contributed by atoms with Crippen molar-refractivity contribution in [1.82, 2.24) is 9.88 Å². The molecule has 0 saturated carbocycles. The highest BCUT2D eigenvalue weighted by molar-refractivity contribution is 6.31. The second-order valence-electron chi connectivity index (χ2n) is 6.13. The molecule has 7 nitrogen and oxygen atoms in total. The van der Waals surface area contributed by atoms with Crippen molar-refractivity contribution in [3.63, 3.8) is 0 Å². The van der Waals surface area contributed by atoms with Gasteiger partial charge in [0.1, 0.15) is 5.82 Å². The van der Waals surface area contributed by atoms with Gasteiger partial charge < -0.3 is 5.73 Å². The minimum absolute atomic E-state index is 0.0892. The summed E-state index contributed by atoms with van der Waals surface area (Å²) in [5.74, 6) is -1.98. The van der Waals surface area contributed by atoms with Gasteiger partial charge >= 0.3 is 0 Å². The van der Waals surface area contributed by atoms with E-state index in [4.69, 9.17) is 17.3 Å². The van der Waals surface area contributed by atoms with Crippen LogP contribution in [0.4, 0.5) is 5.82 Å². The minimum Gasteiger partial charge on any atom is -0.384 e. The van der Waals surface area contributed by atoms with E-state index in [0.717, 1.165) is 10.6 Å². The lowest BCUT2D eigenvalue weighted by atomic mass is 10.0. The van der Waals surface area contributed by atoms with Gasteiger partial charge in [-0.15, -0.1) is 0 Å². The predicted molar refractivity (Wildman–Crippen MR) is 103 cm³/mol. The number of hydrogen-bond donors (Lipinski definition) is 2. The molecule has 3 N–H and O–H groups in total. The van der Waals surface area contributed by atoms with E-state index in [9.17, 15) is 19.2 Å². The van der Waals surface area contributed by atoms with E-state index < -0.39 is 17.4 Å². The topological polar surface area (TPSA) is 111 Å². The number of nitrogen functional groups attached to an aromatic ring is 1. The number of hydrogen-bond acceptors (Lipinski definition) is 5. The van der Waals surface area contributed by atoms with E-state index in [2.05, 4.69) is 5.32 Å². The maximum absolute atomic E-state index is 13.0. The molecule has 1 aromatic heterocycles. The van der Waals surface area contributed by atoms with Gasteiger partial charge in [0.2, 0.25) is 0 Å². The average Bonchev–Trinajstić information content (AvgIpc) is 2.96. The van der Waals surface area contributed by atoms with Crippen molar-refractivity contribution in [2.45, 2.75) is 0 Å². The number of fused-ring (bicyclic) bond motifs is 1. The van der Waals surface area contributed by atoms with Crippen LogP contribution in [0.15, 0.2) is 59.4 Å². The number of amides is 2. The fourth-order valence-electron chi connectivity index (χ4n) is 3.16. The van der Waals surface area contributed by atoms with Crippen molar-refractivity contribution in [2.24, 2.45) is 0 Å². The molecule has 8 heteroatoms. The van der Waals surface area contributed by atoms with Crippen LogP contribution in [0.3, 0.4) is 0 Å². The number of nitrogens with two attached hydrogens (primary N) is 1. The van der Waals surface area contributed by atoms with Crippen molar-refractivity contribution in [1.29, 1.82) is 0 Å². The molecule has 28 heavy (non-hydrogen) atoms. The Hall–Kier alpha value is -3.71. The van der Waals surface area contributed by atoms with E-state index in [0.29, 0.717) is 10.6 Å². The second kappa shape index (κ2) is 6.47. The highest BCUT2D eigenvalue weighted by Gasteiger charge is 2.32. The quantitative estimate of drug-likeness (QED) is 0.523. The standard InChI is InChI=1S/C20H12ClN3O4/c21-11-6-7-14(12(8-11)17(26)10-4-2-1-3-5-10)24-15(25)9-13-16(18(24)22)20(28)23-19(13)27/h1-9H,22H2,(H,23,27,28). The normalized spacial score (nSPS) is 12.6. The number of imide groups is 1. The van der Waals surface area contributed by atoms with Crippen LogP contribution in [0.5, 0.6) is 0 Å². The molecule has 2 aromatic carbocycles. The molecule has 1 aliphatic rings. The zero-order valence-electron chi connectivity index (χ0n) is 14.2. The van der Waals surface area contributed by atoms with Crippen molar-refractivity contribution < 1.29 is 14.4 Å². The molecule has 0 saturated heterocycles. The van der Waals surface area contributed by atoms with Gasteiger partial charge in [-0.2, -0.15) is 0 Å². The Labute approximate surface area is 163 Å². The summed E-state index contributed by atoms with van der Waals surface area (Å²) in [4.78, 5) is 49.6. The number of anilines is 1. The molecule has 0 atom stereocenters. The van der Waals surface area contributed by atoms with Gasteiger partial charge in [0.05, 0.1) is 16.8 Å². The summed E-state index contributed by atoms with van der Waals surface area (Å²) in [7, 11) is 0. The molecule has 3 aromatic rings. The lowest BCUT2D eigenvalue weighted by Crippen LogP contribution is -2.25. The number of nitrogens with zero attached hydrogens (tertiary/aromatic N) is 1. The fraction of sp³-hybridized carbons (Fsp3) is 0. The van der Waals surface area contributed by atoms with Crippen LogP contribution in [-0.4, -0.2) is 22.2 Å². The third kappa shape index (κ3) is 2.69. The number of nitrogens with one attached hydrogen (secondary N) is 1. The lowest BCUT2D eigenvalue weighted by molar-refractivity contribution is 0.0879. The first-order valence-corrected chi connectivity index (χ1v) is 8.57. The Bertz CT molecular complexity index is 1230. The van der Waals surface area contributed by atoms with E-state index in [-0.39, 0.29) is 34.0 Å². The molecular formula is C20H12ClN3O4. The number of halogens is 1. The Morgan fingerprint density at radius 1 is 0.964 bits per heavy atom. The van der Waals surface area contributed by atoms with Gasteiger partial charge in [0.25, 0.3) is 17.4 Å². The van der Waals surface area contributed by atoms with Crippen LogP contribution in [0.1, 0.15) is 36.6 Å². The van der Waals surface area contributed by atoms with Gasteiger partial charge in [0, 0.05) is 22.2 Å². The fourth-order valence-corrected chi connectivity index (χ4v) is 3.33. The molecule has 2 amide bonds. The summed E-state index contributed by atoms with van der Waals surface area (Å²) >= 11 is 6.07. The van der Waals surface area contributed by atoms with Crippen LogP contribution in [0.25, 0.3) is 5.69 Å². The van der Waals surface area contributed by atoms with Crippen LogP contribution in [0, 0.1) is 0 Å². The summed E-state index contributed by atoms with van der Waals surface area (Å²) in [5, 5.41) is 2.40. The number of ketones is 1. The van der Waals surface area contributed by atoms with Crippen molar-refractivity contribution >= 4 is 35.0 Å². The zero-order chi connectivity index (χ0) is 20.0. The molecule has 0 aliphatic carbocycles. The SMILES string of the molecule is Nc1c2c(cc(=O)n1-c1ccc(Cl)cc1C(=O)c1ccccc1)C(=O)NC2=O. The number of rotatable bonds is 3. The largest absolute Gasteiger partial charge is 0.384 e. The van der Waals surface area contributed by atoms with Crippen LogP contribution in [0.2, 0.25) is 5.02 Å². The monoisotopic (exact) mass is 393 g/mol. The van der Waals surface area contributed by atoms with E-state index >= 15 is 0 Å². The third-order valence-electron chi connectivity index (χ3n) is 4.43. The van der Waals surface area contributed by atoms with Gasteiger partial charge in [-0.3, -0.25) is 29.1 Å². The zero-order valence-corrected chi connectivity index (χ0v) is 15.0. The molecule has 0 radical (unpaired) electrons. The van der Waals surface area contributed by atoms with Crippen molar-refractivity contribution in [3.8, 4) is 5.69 Å².